The van der Waals surface area contributed by atoms with Gasteiger partial charge in [-0.15, -0.1) is 0 Å². The van der Waals surface area contributed by atoms with E-state index in [1.807, 2.05) is 13.1 Å². The molecule has 1 aromatic rings. The summed E-state index contributed by atoms with van der Waals surface area (Å²) < 4.78 is 5.35. The van der Waals surface area contributed by atoms with E-state index in [9.17, 15) is 0 Å². The van der Waals surface area contributed by atoms with Crippen LogP contribution in [0.15, 0.2) is 29.3 Å². The van der Waals surface area contributed by atoms with Crippen molar-refractivity contribution in [3.05, 3.63) is 24.3 Å². The molecule has 1 atom stereocenters. The van der Waals surface area contributed by atoms with Crippen LogP contribution in [-0.4, -0.2) is 82.3 Å². The van der Waals surface area contributed by atoms with E-state index in [1.165, 1.54) is 25.2 Å². The van der Waals surface area contributed by atoms with E-state index in [-0.39, 0.29) is 0 Å². The van der Waals surface area contributed by atoms with Crippen LogP contribution in [0.4, 0.5) is 5.69 Å². The minimum atomic E-state index is 0.741. The molecule has 2 aliphatic rings. The average molecular weight is 360 g/mol. The van der Waals surface area contributed by atoms with E-state index in [2.05, 4.69) is 50.1 Å². The predicted molar refractivity (Wildman–Crippen MR) is 108 cm³/mol. The molecule has 26 heavy (non-hydrogen) atoms. The standard InChI is InChI=1S/C20H33N5O/c1-4-23-9-8-17(16-23)15-22-20(21-2)25-12-10-24(11-13-25)18-6-5-7-19(14-18)26-3/h5-7,14,17H,4,8-13,15-16H2,1-3H3,(H,21,22). The van der Waals surface area contributed by atoms with Crippen molar-refractivity contribution in [3.8, 4) is 5.75 Å². The van der Waals surface area contributed by atoms with Crippen molar-refractivity contribution in [2.75, 3.05) is 71.4 Å². The molecule has 0 aliphatic carbocycles. The number of hydrogen-bond donors (Lipinski definition) is 1. The van der Waals surface area contributed by atoms with Crippen molar-refractivity contribution in [3.63, 3.8) is 0 Å². The maximum atomic E-state index is 5.35. The third kappa shape index (κ3) is 4.61. The first-order valence-electron chi connectivity index (χ1n) is 9.80. The second-order valence-corrected chi connectivity index (χ2v) is 7.15. The minimum Gasteiger partial charge on any atom is -0.497 e. The number of piperazine rings is 1. The van der Waals surface area contributed by atoms with Gasteiger partial charge in [-0.1, -0.05) is 13.0 Å². The molecule has 0 bridgehead atoms. The van der Waals surface area contributed by atoms with Crippen LogP contribution in [0.2, 0.25) is 0 Å². The van der Waals surface area contributed by atoms with E-state index < -0.39 is 0 Å². The van der Waals surface area contributed by atoms with E-state index >= 15 is 0 Å². The molecule has 0 saturated carbocycles. The Labute approximate surface area is 157 Å². The number of methoxy groups -OCH3 is 1. The molecule has 2 fully saturated rings. The van der Waals surface area contributed by atoms with Gasteiger partial charge in [0.2, 0.25) is 0 Å². The van der Waals surface area contributed by atoms with Gasteiger partial charge < -0.3 is 24.8 Å². The fourth-order valence-corrected chi connectivity index (χ4v) is 3.92. The fraction of sp³-hybridized carbons (Fsp3) is 0.650. The third-order valence-electron chi connectivity index (χ3n) is 5.58. The molecule has 2 saturated heterocycles. The highest BCUT2D eigenvalue weighted by Crippen LogP contribution is 2.22. The highest BCUT2D eigenvalue weighted by Gasteiger charge is 2.23. The zero-order chi connectivity index (χ0) is 18.4. The number of anilines is 1. The highest BCUT2D eigenvalue weighted by molar-refractivity contribution is 5.80. The van der Waals surface area contributed by atoms with E-state index in [4.69, 9.17) is 4.74 Å². The SMILES string of the molecule is CCN1CCC(CNC(=NC)N2CCN(c3cccc(OC)c3)CC2)C1. The normalized spacial score (nSPS) is 22.0. The van der Waals surface area contributed by atoms with Crippen molar-refractivity contribution in [1.29, 1.82) is 0 Å². The number of ether oxygens (including phenoxy) is 1. The first-order chi connectivity index (χ1) is 12.7. The van der Waals surface area contributed by atoms with Crippen LogP contribution < -0.4 is 15.0 Å². The van der Waals surface area contributed by atoms with Crippen LogP contribution in [0, 0.1) is 5.92 Å². The van der Waals surface area contributed by atoms with Gasteiger partial charge in [0, 0.05) is 58.1 Å². The number of rotatable bonds is 5. The van der Waals surface area contributed by atoms with Crippen molar-refractivity contribution < 1.29 is 4.74 Å². The second-order valence-electron chi connectivity index (χ2n) is 7.15. The summed E-state index contributed by atoms with van der Waals surface area (Å²) in [4.78, 5) is 11.8. The molecule has 1 N–H and O–H groups in total. The molecule has 1 aromatic carbocycles. The van der Waals surface area contributed by atoms with Crippen LogP contribution in [0.1, 0.15) is 13.3 Å². The van der Waals surface area contributed by atoms with Gasteiger partial charge in [-0.25, -0.2) is 0 Å². The van der Waals surface area contributed by atoms with Gasteiger partial charge in [-0.2, -0.15) is 0 Å². The summed E-state index contributed by atoms with van der Waals surface area (Å²) in [6.07, 6.45) is 1.29. The summed E-state index contributed by atoms with van der Waals surface area (Å²) in [6.45, 7) is 10.9. The zero-order valence-electron chi connectivity index (χ0n) is 16.4. The van der Waals surface area contributed by atoms with Crippen LogP contribution in [0.25, 0.3) is 0 Å². The van der Waals surface area contributed by atoms with Gasteiger partial charge in [-0.3, -0.25) is 4.99 Å². The van der Waals surface area contributed by atoms with E-state index in [1.54, 1.807) is 7.11 Å². The molecular weight excluding hydrogens is 326 g/mol. The lowest BCUT2D eigenvalue weighted by Gasteiger charge is -2.38. The van der Waals surface area contributed by atoms with Crippen LogP contribution in [0.5, 0.6) is 5.75 Å². The maximum absolute atomic E-state index is 5.35. The minimum absolute atomic E-state index is 0.741. The third-order valence-corrected chi connectivity index (χ3v) is 5.58. The van der Waals surface area contributed by atoms with E-state index in [0.29, 0.717) is 0 Å². The number of likely N-dealkylation sites (tertiary alicyclic amines) is 1. The van der Waals surface area contributed by atoms with Crippen molar-refractivity contribution in [2.24, 2.45) is 10.9 Å². The maximum Gasteiger partial charge on any atom is 0.193 e. The Balaban J connectivity index is 1.48. The Bertz CT molecular complexity index is 598. The lowest BCUT2D eigenvalue weighted by Crippen LogP contribution is -2.53. The smallest absolute Gasteiger partial charge is 0.193 e. The Morgan fingerprint density at radius 1 is 1.23 bits per heavy atom. The Hall–Kier alpha value is -1.95. The summed E-state index contributed by atoms with van der Waals surface area (Å²) >= 11 is 0. The highest BCUT2D eigenvalue weighted by atomic mass is 16.5. The quantitative estimate of drug-likeness (QED) is 0.641. The first-order valence-corrected chi connectivity index (χ1v) is 9.80. The molecule has 144 valence electrons. The lowest BCUT2D eigenvalue weighted by atomic mass is 10.1. The van der Waals surface area contributed by atoms with Gasteiger partial charge in [-0.05, 0) is 37.6 Å². The Morgan fingerprint density at radius 2 is 2.04 bits per heavy atom. The molecule has 0 radical (unpaired) electrons. The molecule has 6 nitrogen and oxygen atoms in total. The number of nitrogens with one attached hydrogen (secondary N) is 1. The molecular formula is C20H33N5O. The number of aliphatic imine (C=N–C) groups is 1. The molecule has 0 aromatic heterocycles. The summed E-state index contributed by atoms with van der Waals surface area (Å²) in [5, 5.41) is 3.61. The number of benzene rings is 1. The summed E-state index contributed by atoms with van der Waals surface area (Å²) in [6, 6.07) is 8.32. The van der Waals surface area contributed by atoms with Gasteiger partial charge in [0.25, 0.3) is 0 Å². The predicted octanol–water partition coefficient (Wildman–Crippen LogP) is 1.73. The number of hydrogen-bond acceptors (Lipinski definition) is 4. The number of nitrogens with zero attached hydrogens (tertiary/aromatic N) is 4. The monoisotopic (exact) mass is 359 g/mol. The Morgan fingerprint density at radius 3 is 2.69 bits per heavy atom. The van der Waals surface area contributed by atoms with Crippen LogP contribution in [-0.2, 0) is 0 Å². The van der Waals surface area contributed by atoms with E-state index in [0.717, 1.165) is 56.9 Å². The van der Waals surface area contributed by atoms with Crippen molar-refractivity contribution in [2.45, 2.75) is 13.3 Å². The average Bonchev–Trinajstić information content (AvgIpc) is 3.17. The number of guanidine groups is 1. The summed E-state index contributed by atoms with van der Waals surface area (Å²) in [5.41, 5.74) is 1.23. The molecule has 2 heterocycles. The molecule has 6 heteroatoms. The van der Waals surface area contributed by atoms with Gasteiger partial charge >= 0.3 is 0 Å². The molecule has 3 rings (SSSR count). The van der Waals surface area contributed by atoms with Crippen LogP contribution in [0.3, 0.4) is 0 Å². The van der Waals surface area contributed by atoms with Crippen molar-refractivity contribution >= 4 is 11.6 Å². The van der Waals surface area contributed by atoms with Gasteiger partial charge in [0.05, 0.1) is 7.11 Å². The van der Waals surface area contributed by atoms with Crippen LogP contribution >= 0.6 is 0 Å². The lowest BCUT2D eigenvalue weighted by molar-refractivity contribution is 0.337. The fourth-order valence-electron chi connectivity index (χ4n) is 3.92. The Kier molecular flexibility index (Phi) is 6.61. The zero-order valence-corrected chi connectivity index (χ0v) is 16.4. The molecule has 0 amide bonds. The van der Waals surface area contributed by atoms with Gasteiger partial charge in [0.15, 0.2) is 5.96 Å². The first kappa shape index (κ1) is 18.8. The largest absolute Gasteiger partial charge is 0.497 e. The topological polar surface area (TPSA) is 43.3 Å². The molecule has 2 aliphatic heterocycles. The molecule has 0 spiro atoms. The van der Waals surface area contributed by atoms with Crippen molar-refractivity contribution in [1.82, 2.24) is 15.1 Å². The second kappa shape index (κ2) is 9.12. The summed E-state index contributed by atoms with van der Waals surface area (Å²) in [7, 11) is 3.61. The summed E-state index contributed by atoms with van der Waals surface area (Å²) in [5.74, 6) is 2.70. The molecule has 1 unspecified atom stereocenters. The van der Waals surface area contributed by atoms with Gasteiger partial charge in [0.1, 0.15) is 5.75 Å².